The maximum absolute atomic E-state index is 12.7. The topological polar surface area (TPSA) is 65.8 Å². The van der Waals surface area contributed by atoms with E-state index in [1.165, 1.54) is 0 Å². The average Bonchev–Trinajstić information content (AvgIpc) is 3.05. The summed E-state index contributed by atoms with van der Waals surface area (Å²) in [4.78, 5) is 29.3. The van der Waals surface area contributed by atoms with Gasteiger partial charge in [-0.15, -0.1) is 0 Å². The molecule has 2 heterocycles. The molecule has 1 aliphatic heterocycles. The first-order chi connectivity index (χ1) is 13.4. The molecular weight excluding hydrogens is 354 g/mol. The number of nitrogens with zero attached hydrogens (tertiary/aromatic N) is 2. The highest BCUT2D eigenvalue weighted by Crippen LogP contribution is 2.18. The molecule has 1 aliphatic rings. The lowest BCUT2D eigenvalue weighted by atomic mass is 10.1. The number of aryl methyl sites for hydroxylation is 2. The van der Waals surface area contributed by atoms with Crippen molar-refractivity contribution >= 4 is 11.8 Å². The summed E-state index contributed by atoms with van der Waals surface area (Å²) in [6, 6.07) is 11.5. The standard InChI is InChI=1S/C22H29N3O3/c1-15-14-20(18(4)28-15)22(27)25-12-10-24(11-13-25)17(3)21(26)23-16(2)19-8-6-5-7-9-19/h5-9,14,16-17H,10-13H2,1-4H3,(H,23,26). The zero-order chi connectivity index (χ0) is 20.3. The molecule has 1 aromatic heterocycles. The van der Waals surface area contributed by atoms with Crippen LogP contribution in [0.4, 0.5) is 0 Å². The van der Waals surface area contributed by atoms with E-state index in [9.17, 15) is 9.59 Å². The highest BCUT2D eigenvalue weighted by atomic mass is 16.3. The minimum atomic E-state index is -0.235. The molecule has 1 N–H and O–H groups in total. The number of rotatable bonds is 5. The molecular formula is C22H29N3O3. The van der Waals surface area contributed by atoms with Crippen molar-refractivity contribution in [1.82, 2.24) is 15.1 Å². The van der Waals surface area contributed by atoms with E-state index in [-0.39, 0.29) is 23.9 Å². The van der Waals surface area contributed by atoms with Crippen LogP contribution < -0.4 is 5.32 Å². The Bertz CT molecular complexity index is 823. The first-order valence-electron chi connectivity index (χ1n) is 9.82. The van der Waals surface area contributed by atoms with Gasteiger partial charge < -0.3 is 14.6 Å². The third kappa shape index (κ3) is 4.44. The predicted molar refractivity (Wildman–Crippen MR) is 108 cm³/mol. The lowest BCUT2D eigenvalue weighted by molar-refractivity contribution is -0.127. The van der Waals surface area contributed by atoms with Crippen molar-refractivity contribution in [2.45, 2.75) is 39.8 Å². The summed E-state index contributed by atoms with van der Waals surface area (Å²) >= 11 is 0. The number of piperazine rings is 1. The molecule has 0 saturated carbocycles. The molecule has 2 unspecified atom stereocenters. The van der Waals surface area contributed by atoms with Crippen LogP contribution in [-0.2, 0) is 4.79 Å². The number of carbonyl (C=O) groups is 2. The van der Waals surface area contributed by atoms with Gasteiger partial charge in [0, 0.05) is 26.2 Å². The van der Waals surface area contributed by atoms with Crippen LogP contribution in [0.15, 0.2) is 40.8 Å². The van der Waals surface area contributed by atoms with Crippen LogP contribution in [-0.4, -0.2) is 53.8 Å². The van der Waals surface area contributed by atoms with E-state index in [2.05, 4.69) is 10.2 Å². The Kier molecular flexibility index (Phi) is 6.19. The van der Waals surface area contributed by atoms with Gasteiger partial charge in [0.25, 0.3) is 5.91 Å². The zero-order valence-corrected chi connectivity index (χ0v) is 17.1. The van der Waals surface area contributed by atoms with Crippen LogP contribution >= 0.6 is 0 Å². The summed E-state index contributed by atoms with van der Waals surface area (Å²) in [7, 11) is 0. The molecule has 0 spiro atoms. The van der Waals surface area contributed by atoms with Crippen molar-refractivity contribution in [3.05, 3.63) is 59.0 Å². The Hall–Kier alpha value is -2.60. The van der Waals surface area contributed by atoms with Gasteiger partial charge >= 0.3 is 0 Å². The van der Waals surface area contributed by atoms with Crippen molar-refractivity contribution in [3.8, 4) is 0 Å². The minimum absolute atomic E-state index is 0.00352. The van der Waals surface area contributed by atoms with Crippen molar-refractivity contribution in [2.75, 3.05) is 26.2 Å². The van der Waals surface area contributed by atoms with Gasteiger partial charge in [-0.25, -0.2) is 0 Å². The van der Waals surface area contributed by atoms with Crippen molar-refractivity contribution in [1.29, 1.82) is 0 Å². The quantitative estimate of drug-likeness (QED) is 0.862. The second-order valence-electron chi connectivity index (χ2n) is 7.47. The van der Waals surface area contributed by atoms with Crippen LogP contribution in [0.25, 0.3) is 0 Å². The number of benzene rings is 1. The van der Waals surface area contributed by atoms with E-state index >= 15 is 0 Å². The molecule has 0 aliphatic carbocycles. The minimum Gasteiger partial charge on any atom is -0.466 e. The number of carbonyl (C=O) groups excluding carboxylic acids is 2. The summed E-state index contributed by atoms with van der Waals surface area (Å²) in [5.41, 5.74) is 1.72. The van der Waals surface area contributed by atoms with Crippen molar-refractivity contribution < 1.29 is 14.0 Å². The van der Waals surface area contributed by atoms with Gasteiger partial charge in [0.1, 0.15) is 11.5 Å². The van der Waals surface area contributed by atoms with Gasteiger partial charge in [-0.1, -0.05) is 30.3 Å². The van der Waals surface area contributed by atoms with Crippen LogP contribution in [0, 0.1) is 13.8 Å². The summed E-state index contributed by atoms with van der Waals surface area (Å²) in [5.74, 6) is 1.42. The highest BCUT2D eigenvalue weighted by molar-refractivity contribution is 5.95. The monoisotopic (exact) mass is 383 g/mol. The smallest absolute Gasteiger partial charge is 0.257 e. The number of furan rings is 1. The normalized spacial score (nSPS) is 17.2. The Morgan fingerprint density at radius 2 is 1.68 bits per heavy atom. The molecule has 6 nitrogen and oxygen atoms in total. The summed E-state index contributed by atoms with van der Waals surface area (Å²) in [6.07, 6.45) is 0. The molecule has 6 heteroatoms. The summed E-state index contributed by atoms with van der Waals surface area (Å²) in [6.45, 7) is 10.1. The van der Waals surface area contributed by atoms with Crippen molar-refractivity contribution in [3.63, 3.8) is 0 Å². The van der Waals surface area contributed by atoms with Gasteiger partial charge in [-0.3, -0.25) is 14.5 Å². The van der Waals surface area contributed by atoms with Crippen LogP contribution in [0.2, 0.25) is 0 Å². The van der Waals surface area contributed by atoms with Crippen LogP contribution in [0.3, 0.4) is 0 Å². The highest BCUT2D eigenvalue weighted by Gasteiger charge is 2.29. The second-order valence-corrected chi connectivity index (χ2v) is 7.47. The molecule has 2 aromatic rings. The first-order valence-corrected chi connectivity index (χ1v) is 9.82. The zero-order valence-electron chi connectivity index (χ0n) is 17.1. The lowest BCUT2D eigenvalue weighted by Gasteiger charge is -2.37. The molecule has 1 fully saturated rings. The van der Waals surface area contributed by atoms with Gasteiger partial charge in [0.05, 0.1) is 17.6 Å². The van der Waals surface area contributed by atoms with Crippen LogP contribution in [0.5, 0.6) is 0 Å². The molecule has 28 heavy (non-hydrogen) atoms. The summed E-state index contributed by atoms with van der Waals surface area (Å²) in [5, 5.41) is 3.09. The third-order valence-electron chi connectivity index (χ3n) is 5.46. The average molecular weight is 383 g/mol. The molecule has 2 amide bonds. The van der Waals surface area contributed by atoms with Gasteiger partial charge in [-0.2, -0.15) is 0 Å². The van der Waals surface area contributed by atoms with E-state index in [0.29, 0.717) is 37.5 Å². The Morgan fingerprint density at radius 1 is 1.04 bits per heavy atom. The maximum Gasteiger partial charge on any atom is 0.257 e. The fourth-order valence-corrected chi connectivity index (χ4v) is 3.65. The summed E-state index contributed by atoms with van der Waals surface area (Å²) < 4.78 is 5.48. The number of amides is 2. The first kappa shape index (κ1) is 20.1. The third-order valence-corrected chi connectivity index (χ3v) is 5.46. The molecule has 1 aromatic carbocycles. The Balaban J connectivity index is 1.53. The van der Waals surface area contributed by atoms with E-state index in [4.69, 9.17) is 4.42 Å². The van der Waals surface area contributed by atoms with E-state index in [1.54, 1.807) is 6.07 Å². The number of hydrogen-bond donors (Lipinski definition) is 1. The molecule has 150 valence electrons. The molecule has 0 radical (unpaired) electrons. The fraction of sp³-hybridized carbons (Fsp3) is 0.455. The Labute approximate surface area is 166 Å². The lowest BCUT2D eigenvalue weighted by Crippen LogP contribution is -2.55. The molecule has 3 rings (SSSR count). The number of nitrogens with one attached hydrogen (secondary N) is 1. The second kappa shape index (κ2) is 8.61. The van der Waals surface area contributed by atoms with Gasteiger partial charge in [0.2, 0.25) is 5.91 Å². The molecule has 1 saturated heterocycles. The molecule has 2 atom stereocenters. The van der Waals surface area contributed by atoms with Crippen LogP contribution in [0.1, 0.15) is 47.3 Å². The van der Waals surface area contributed by atoms with E-state index < -0.39 is 0 Å². The predicted octanol–water partition coefficient (Wildman–Crippen LogP) is 2.92. The SMILES string of the molecule is Cc1cc(C(=O)N2CCN(C(C)C(=O)NC(C)c3ccccc3)CC2)c(C)o1. The van der Waals surface area contributed by atoms with Crippen molar-refractivity contribution in [2.24, 2.45) is 0 Å². The molecule has 0 bridgehead atoms. The van der Waals surface area contributed by atoms with E-state index in [0.717, 1.165) is 11.3 Å². The van der Waals surface area contributed by atoms with Gasteiger partial charge in [-0.05, 0) is 39.3 Å². The Morgan fingerprint density at radius 3 is 2.25 bits per heavy atom. The largest absolute Gasteiger partial charge is 0.466 e. The number of hydrogen-bond acceptors (Lipinski definition) is 4. The van der Waals surface area contributed by atoms with E-state index in [1.807, 2.05) is 62.9 Å². The fourth-order valence-electron chi connectivity index (χ4n) is 3.65. The van der Waals surface area contributed by atoms with Gasteiger partial charge in [0.15, 0.2) is 0 Å². The maximum atomic E-state index is 12.7.